The molecule has 0 saturated heterocycles. The van der Waals surface area contributed by atoms with Gasteiger partial charge in [0.1, 0.15) is 11.0 Å². The summed E-state index contributed by atoms with van der Waals surface area (Å²) in [6, 6.07) is 16.2. The van der Waals surface area contributed by atoms with Gasteiger partial charge in [-0.15, -0.1) is 0 Å². The van der Waals surface area contributed by atoms with Gasteiger partial charge >= 0.3 is 0 Å². The minimum atomic E-state index is -0.434. The summed E-state index contributed by atoms with van der Waals surface area (Å²) in [5.74, 6) is 0. The molecule has 8 heteroatoms. The van der Waals surface area contributed by atoms with Gasteiger partial charge in [-0.2, -0.15) is 4.68 Å². The smallest absolute Gasteiger partial charge is 0.286 e. The normalized spacial score (nSPS) is 11.4. The minimum absolute atomic E-state index is 0.0602. The Hall–Kier alpha value is -3.16. The Bertz CT molecular complexity index is 1410. The first-order chi connectivity index (χ1) is 13.1. The van der Waals surface area contributed by atoms with Gasteiger partial charge in [-0.25, -0.2) is 4.98 Å². The number of fused-ring (bicyclic) bond motifs is 2. The topological polar surface area (TPSA) is 83.5 Å². The zero-order chi connectivity index (χ0) is 18.5. The molecule has 3 aromatic heterocycles. The molecule has 0 unspecified atom stereocenters. The van der Waals surface area contributed by atoms with Gasteiger partial charge in [-0.1, -0.05) is 53.3 Å². The Kier molecular flexibility index (Phi) is 3.53. The number of hydrogen-bond donors (Lipinski definition) is 2. The summed E-state index contributed by atoms with van der Waals surface area (Å²) in [7, 11) is 0. The molecule has 6 nitrogen and oxygen atoms in total. The van der Waals surface area contributed by atoms with E-state index in [2.05, 4.69) is 15.1 Å². The summed E-state index contributed by atoms with van der Waals surface area (Å²) in [5.41, 5.74) is 1.55. The van der Waals surface area contributed by atoms with Crippen LogP contribution in [0.5, 0.6) is 0 Å². The van der Waals surface area contributed by atoms with Crippen LogP contribution in [0.15, 0.2) is 64.2 Å². The van der Waals surface area contributed by atoms with Gasteiger partial charge in [-0.3, -0.25) is 14.7 Å². The van der Waals surface area contributed by atoms with Gasteiger partial charge in [0.15, 0.2) is 5.43 Å². The molecule has 0 aliphatic rings. The maximum Gasteiger partial charge on any atom is 0.286 e. The fourth-order valence-electron chi connectivity index (χ4n) is 3.05. The molecule has 5 rings (SSSR count). The lowest BCUT2D eigenvalue weighted by Crippen LogP contribution is -2.18. The van der Waals surface area contributed by atoms with Crippen LogP contribution in [0, 0.1) is 0 Å². The van der Waals surface area contributed by atoms with Gasteiger partial charge < -0.3 is 4.98 Å². The van der Waals surface area contributed by atoms with Gasteiger partial charge in [0.05, 0.1) is 15.9 Å². The lowest BCUT2D eigenvalue weighted by Gasteiger charge is -2.03. The van der Waals surface area contributed by atoms with Crippen molar-refractivity contribution in [2.75, 3.05) is 0 Å². The number of thiazole rings is 1. The number of nitrogens with one attached hydrogen (secondary N) is 2. The van der Waals surface area contributed by atoms with E-state index >= 15 is 0 Å². The second kappa shape index (κ2) is 5.94. The third-order valence-electron chi connectivity index (χ3n) is 4.31. The van der Waals surface area contributed by atoms with E-state index in [1.165, 1.54) is 22.1 Å². The van der Waals surface area contributed by atoms with Crippen molar-refractivity contribution >= 4 is 44.2 Å². The van der Waals surface area contributed by atoms with Crippen LogP contribution >= 0.6 is 22.9 Å². The number of hydrogen-bond acceptors (Lipinski definition) is 4. The van der Waals surface area contributed by atoms with E-state index in [-0.39, 0.29) is 10.8 Å². The van der Waals surface area contributed by atoms with Crippen molar-refractivity contribution < 1.29 is 0 Å². The quantitative estimate of drug-likeness (QED) is 0.475. The number of nitrogens with zero attached hydrogens (tertiary/aromatic N) is 2. The first-order valence-corrected chi connectivity index (χ1v) is 9.30. The second-order valence-corrected chi connectivity index (χ2v) is 7.41. The van der Waals surface area contributed by atoms with Crippen molar-refractivity contribution in [3.8, 4) is 16.4 Å². The van der Waals surface area contributed by atoms with Crippen LogP contribution in [0.4, 0.5) is 0 Å². The molecule has 0 saturated carbocycles. The van der Waals surface area contributed by atoms with Gasteiger partial charge in [0.2, 0.25) is 5.13 Å². The number of halogens is 1. The zero-order valence-corrected chi connectivity index (χ0v) is 15.3. The predicted octanol–water partition coefficient (Wildman–Crippen LogP) is 3.94. The number of pyridine rings is 1. The first kappa shape index (κ1) is 16.0. The van der Waals surface area contributed by atoms with Crippen molar-refractivity contribution in [3.63, 3.8) is 0 Å². The highest BCUT2D eigenvalue weighted by atomic mass is 35.5. The van der Waals surface area contributed by atoms with Crippen LogP contribution in [-0.4, -0.2) is 19.7 Å². The molecule has 132 valence electrons. The molecule has 0 aliphatic carbocycles. The molecule has 5 aromatic rings. The van der Waals surface area contributed by atoms with E-state index in [1.54, 1.807) is 6.07 Å². The Balaban J connectivity index is 1.75. The van der Waals surface area contributed by atoms with Crippen LogP contribution in [-0.2, 0) is 0 Å². The summed E-state index contributed by atoms with van der Waals surface area (Å²) in [5, 5.41) is 4.02. The van der Waals surface area contributed by atoms with Gasteiger partial charge in [-0.05, 0) is 18.2 Å². The largest absolute Gasteiger partial charge is 0.339 e. The molecule has 0 fully saturated rings. The molecule has 2 N–H and O–H groups in total. The lowest BCUT2D eigenvalue weighted by atomic mass is 10.1. The average Bonchev–Trinajstić information content (AvgIpc) is 3.23. The van der Waals surface area contributed by atoms with Crippen LogP contribution in [0.1, 0.15) is 0 Å². The van der Waals surface area contributed by atoms with Crippen molar-refractivity contribution in [2.45, 2.75) is 0 Å². The highest BCUT2D eigenvalue weighted by Crippen LogP contribution is 2.26. The molecular weight excluding hydrogens is 384 g/mol. The summed E-state index contributed by atoms with van der Waals surface area (Å²) in [6.45, 7) is 0. The number of aromatic amines is 2. The fraction of sp³-hybridized carbons (Fsp3) is 0. The molecule has 0 bridgehead atoms. The molecule has 0 aliphatic heterocycles. The molecule has 0 radical (unpaired) electrons. The number of aromatic nitrogens is 4. The Morgan fingerprint density at radius 2 is 1.81 bits per heavy atom. The summed E-state index contributed by atoms with van der Waals surface area (Å²) < 4.78 is 2.25. The molecule has 0 spiro atoms. The number of benzene rings is 2. The monoisotopic (exact) mass is 394 g/mol. The predicted molar refractivity (Wildman–Crippen MR) is 108 cm³/mol. The third-order valence-corrected chi connectivity index (χ3v) is 5.66. The SMILES string of the molecule is O=c1cc(-c2ccccc2Cl)[nH]c2[nH]n(-c3nc4ccccc4s3)c(=O)c12. The van der Waals surface area contributed by atoms with Gasteiger partial charge in [0, 0.05) is 16.7 Å². The average molecular weight is 395 g/mol. The van der Waals surface area contributed by atoms with E-state index in [0.717, 1.165) is 10.2 Å². The number of rotatable bonds is 2. The van der Waals surface area contributed by atoms with E-state index in [1.807, 2.05) is 42.5 Å². The molecule has 27 heavy (non-hydrogen) atoms. The second-order valence-electron chi connectivity index (χ2n) is 5.99. The van der Waals surface area contributed by atoms with Crippen LogP contribution in [0.3, 0.4) is 0 Å². The summed E-state index contributed by atoms with van der Waals surface area (Å²) in [6.07, 6.45) is 0. The Labute approximate surface area is 160 Å². The lowest BCUT2D eigenvalue weighted by molar-refractivity contribution is 0.851. The molecule has 3 heterocycles. The minimum Gasteiger partial charge on any atom is -0.339 e. The Morgan fingerprint density at radius 1 is 1.04 bits per heavy atom. The van der Waals surface area contributed by atoms with E-state index < -0.39 is 5.56 Å². The standard InChI is InChI=1S/C19H11ClN4O2S/c20-11-6-2-1-5-10(11)13-9-14(25)16-17(21-13)23-24(18(16)26)19-22-12-7-3-4-8-15(12)27-19/h1-9H,(H2,21,23,25). The van der Waals surface area contributed by atoms with E-state index in [9.17, 15) is 9.59 Å². The molecule has 0 amide bonds. The van der Waals surface area contributed by atoms with Crippen molar-refractivity contribution in [1.29, 1.82) is 0 Å². The van der Waals surface area contributed by atoms with Crippen molar-refractivity contribution in [3.05, 3.63) is 80.2 Å². The van der Waals surface area contributed by atoms with E-state index in [0.29, 0.717) is 27.1 Å². The van der Waals surface area contributed by atoms with E-state index in [4.69, 9.17) is 11.6 Å². The number of para-hydroxylation sites is 1. The highest BCUT2D eigenvalue weighted by Gasteiger charge is 2.16. The fourth-order valence-corrected chi connectivity index (χ4v) is 4.21. The van der Waals surface area contributed by atoms with Crippen LogP contribution in [0.25, 0.3) is 37.6 Å². The maximum atomic E-state index is 12.8. The van der Waals surface area contributed by atoms with Crippen LogP contribution in [0.2, 0.25) is 5.02 Å². The van der Waals surface area contributed by atoms with Crippen molar-refractivity contribution in [1.82, 2.24) is 19.7 Å². The molecule has 0 atom stereocenters. The zero-order valence-electron chi connectivity index (χ0n) is 13.7. The molecule has 2 aromatic carbocycles. The summed E-state index contributed by atoms with van der Waals surface area (Å²) >= 11 is 7.60. The Morgan fingerprint density at radius 3 is 2.63 bits per heavy atom. The number of H-pyrrole nitrogens is 2. The highest BCUT2D eigenvalue weighted by molar-refractivity contribution is 7.20. The van der Waals surface area contributed by atoms with Crippen molar-refractivity contribution in [2.24, 2.45) is 0 Å². The van der Waals surface area contributed by atoms with Crippen LogP contribution < -0.4 is 11.0 Å². The third kappa shape index (κ3) is 2.51. The molecular formula is C19H11ClN4O2S. The van der Waals surface area contributed by atoms with Gasteiger partial charge in [0.25, 0.3) is 5.56 Å². The maximum absolute atomic E-state index is 12.8. The first-order valence-electron chi connectivity index (χ1n) is 8.11. The summed E-state index contributed by atoms with van der Waals surface area (Å²) in [4.78, 5) is 33.0.